The molecule has 1 aromatic carbocycles. The van der Waals surface area contributed by atoms with Crippen LogP contribution >= 0.6 is 11.6 Å². The number of ether oxygens (including phenoxy) is 1. The smallest absolute Gasteiger partial charge is 0.129 e. The third-order valence-electron chi connectivity index (χ3n) is 4.19. The van der Waals surface area contributed by atoms with E-state index >= 15 is 0 Å². The quantitative estimate of drug-likeness (QED) is 0.669. The highest BCUT2D eigenvalue weighted by atomic mass is 35.5. The van der Waals surface area contributed by atoms with Crippen LogP contribution in [0.15, 0.2) is 42.9 Å². The molecule has 0 radical (unpaired) electrons. The monoisotopic (exact) mass is 313 g/mol. The first kappa shape index (κ1) is 13.7. The Labute approximate surface area is 133 Å². The zero-order chi connectivity index (χ0) is 14.9. The Bertz CT molecular complexity index is 809. The summed E-state index contributed by atoms with van der Waals surface area (Å²) < 4.78 is 7.48. The number of fused-ring (bicyclic) bond motifs is 1. The van der Waals surface area contributed by atoms with E-state index in [-0.39, 0.29) is 0 Å². The molecular formula is C17H16ClN3O. The molecule has 4 nitrogen and oxygen atoms in total. The molecule has 0 N–H and O–H groups in total. The van der Waals surface area contributed by atoms with Crippen LogP contribution in [0, 0.1) is 0 Å². The standard InChI is InChI=1S/C17H16ClN3O/c18-17-8-14-7-12(1-2-13(14)9-19-17)15-10-20-21(11-15)16-3-5-22-6-4-16/h1-2,7-11,16H,3-6H2. The Morgan fingerprint density at radius 3 is 2.77 bits per heavy atom. The number of benzene rings is 1. The van der Waals surface area contributed by atoms with Crippen LogP contribution in [0.3, 0.4) is 0 Å². The van der Waals surface area contributed by atoms with E-state index in [4.69, 9.17) is 16.3 Å². The van der Waals surface area contributed by atoms with Gasteiger partial charge in [0.1, 0.15) is 5.15 Å². The summed E-state index contributed by atoms with van der Waals surface area (Å²) in [5.41, 5.74) is 2.27. The van der Waals surface area contributed by atoms with Crippen molar-refractivity contribution in [1.29, 1.82) is 0 Å². The fourth-order valence-corrected chi connectivity index (χ4v) is 3.10. The van der Waals surface area contributed by atoms with E-state index < -0.39 is 0 Å². The van der Waals surface area contributed by atoms with Crippen LogP contribution in [-0.4, -0.2) is 28.0 Å². The van der Waals surface area contributed by atoms with Crippen molar-refractivity contribution in [2.24, 2.45) is 0 Å². The Kier molecular flexibility index (Phi) is 3.56. The van der Waals surface area contributed by atoms with Gasteiger partial charge >= 0.3 is 0 Å². The van der Waals surface area contributed by atoms with Crippen molar-refractivity contribution in [3.63, 3.8) is 0 Å². The summed E-state index contributed by atoms with van der Waals surface area (Å²) in [4.78, 5) is 4.11. The van der Waals surface area contributed by atoms with Gasteiger partial charge < -0.3 is 4.74 Å². The van der Waals surface area contributed by atoms with Crippen molar-refractivity contribution in [3.05, 3.63) is 48.0 Å². The normalized spacial score (nSPS) is 16.2. The van der Waals surface area contributed by atoms with E-state index in [1.54, 1.807) is 6.20 Å². The van der Waals surface area contributed by atoms with Gasteiger partial charge in [-0.2, -0.15) is 5.10 Å². The fourth-order valence-electron chi connectivity index (χ4n) is 2.93. The molecule has 0 atom stereocenters. The van der Waals surface area contributed by atoms with E-state index in [0.29, 0.717) is 11.2 Å². The SMILES string of the molecule is Clc1cc2cc(-c3cnn(C4CCOCC4)c3)ccc2cn1. The molecule has 112 valence electrons. The molecule has 0 amide bonds. The lowest BCUT2D eigenvalue weighted by Gasteiger charge is -2.22. The number of aromatic nitrogens is 3. The number of halogens is 1. The van der Waals surface area contributed by atoms with E-state index in [9.17, 15) is 0 Å². The minimum Gasteiger partial charge on any atom is -0.381 e. The predicted molar refractivity (Wildman–Crippen MR) is 87.1 cm³/mol. The number of pyridine rings is 1. The van der Waals surface area contributed by atoms with E-state index in [1.807, 2.05) is 12.3 Å². The first-order chi connectivity index (χ1) is 10.8. The summed E-state index contributed by atoms with van der Waals surface area (Å²) in [6, 6.07) is 8.64. The summed E-state index contributed by atoms with van der Waals surface area (Å²) in [6.07, 6.45) is 7.91. The van der Waals surface area contributed by atoms with Crippen LogP contribution < -0.4 is 0 Å². The number of hydrogen-bond acceptors (Lipinski definition) is 3. The van der Waals surface area contributed by atoms with Gasteiger partial charge in [-0.1, -0.05) is 23.7 Å². The average molecular weight is 314 g/mol. The average Bonchev–Trinajstić information content (AvgIpc) is 3.05. The molecule has 1 fully saturated rings. The van der Waals surface area contributed by atoms with Crippen LogP contribution in [0.25, 0.3) is 21.9 Å². The molecular weight excluding hydrogens is 298 g/mol. The summed E-state index contributed by atoms with van der Waals surface area (Å²) in [7, 11) is 0. The first-order valence-electron chi connectivity index (χ1n) is 7.47. The molecule has 0 bridgehead atoms. The molecule has 0 unspecified atom stereocenters. The van der Waals surface area contributed by atoms with Gasteiger partial charge in [0.25, 0.3) is 0 Å². The second-order valence-corrected chi connectivity index (χ2v) is 6.01. The van der Waals surface area contributed by atoms with E-state index in [1.165, 1.54) is 0 Å². The van der Waals surface area contributed by atoms with Crippen molar-refractivity contribution < 1.29 is 4.74 Å². The molecule has 4 rings (SSSR count). The molecule has 0 spiro atoms. The maximum Gasteiger partial charge on any atom is 0.129 e. The first-order valence-corrected chi connectivity index (χ1v) is 7.85. The number of nitrogens with zero attached hydrogens (tertiary/aromatic N) is 3. The van der Waals surface area contributed by atoms with Crippen molar-refractivity contribution in [2.45, 2.75) is 18.9 Å². The van der Waals surface area contributed by atoms with Gasteiger partial charge in [0.2, 0.25) is 0 Å². The van der Waals surface area contributed by atoms with Crippen LogP contribution in [0.4, 0.5) is 0 Å². The van der Waals surface area contributed by atoms with Gasteiger partial charge in [-0.05, 0) is 35.9 Å². The maximum atomic E-state index is 5.98. The highest BCUT2D eigenvalue weighted by Gasteiger charge is 2.16. The minimum atomic E-state index is 0.446. The molecule has 0 saturated carbocycles. The molecule has 3 aromatic rings. The molecule has 22 heavy (non-hydrogen) atoms. The summed E-state index contributed by atoms with van der Waals surface area (Å²) in [5, 5.41) is 7.23. The van der Waals surface area contributed by atoms with Crippen molar-refractivity contribution in [3.8, 4) is 11.1 Å². The Morgan fingerprint density at radius 1 is 1.05 bits per heavy atom. The molecule has 2 aromatic heterocycles. The summed E-state index contributed by atoms with van der Waals surface area (Å²) in [5.74, 6) is 0. The lowest BCUT2D eigenvalue weighted by molar-refractivity contribution is 0.0662. The molecule has 3 heterocycles. The second-order valence-electron chi connectivity index (χ2n) is 5.62. The largest absolute Gasteiger partial charge is 0.381 e. The minimum absolute atomic E-state index is 0.446. The van der Waals surface area contributed by atoms with Gasteiger partial charge in [-0.25, -0.2) is 4.98 Å². The highest BCUT2D eigenvalue weighted by Crippen LogP contribution is 2.27. The molecule has 0 aliphatic carbocycles. The van der Waals surface area contributed by atoms with Crippen molar-refractivity contribution >= 4 is 22.4 Å². The van der Waals surface area contributed by atoms with Gasteiger partial charge in [0.05, 0.1) is 12.2 Å². The third-order valence-corrected chi connectivity index (χ3v) is 4.39. The Morgan fingerprint density at radius 2 is 1.91 bits per heavy atom. The van der Waals surface area contributed by atoms with Crippen molar-refractivity contribution in [1.82, 2.24) is 14.8 Å². The molecule has 5 heteroatoms. The number of hydrogen-bond donors (Lipinski definition) is 0. The van der Waals surface area contributed by atoms with Crippen LogP contribution in [-0.2, 0) is 4.74 Å². The van der Waals surface area contributed by atoms with E-state index in [2.05, 4.69) is 39.2 Å². The van der Waals surface area contributed by atoms with Gasteiger partial charge in [-0.15, -0.1) is 0 Å². The van der Waals surface area contributed by atoms with Gasteiger partial charge in [0, 0.05) is 36.6 Å². The van der Waals surface area contributed by atoms with Crippen LogP contribution in [0.2, 0.25) is 5.15 Å². The predicted octanol–water partition coefficient (Wildman–Crippen LogP) is 4.10. The second kappa shape index (κ2) is 5.71. The topological polar surface area (TPSA) is 39.9 Å². The van der Waals surface area contributed by atoms with Gasteiger partial charge in [-0.3, -0.25) is 4.68 Å². The lowest BCUT2D eigenvalue weighted by Crippen LogP contribution is -2.19. The molecule has 1 aliphatic rings. The Balaban J connectivity index is 1.68. The lowest BCUT2D eigenvalue weighted by atomic mass is 10.1. The summed E-state index contributed by atoms with van der Waals surface area (Å²) >= 11 is 5.98. The zero-order valence-corrected chi connectivity index (χ0v) is 12.8. The fraction of sp³-hybridized carbons (Fsp3) is 0.294. The van der Waals surface area contributed by atoms with E-state index in [0.717, 1.165) is 48.0 Å². The maximum absolute atomic E-state index is 5.98. The van der Waals surface area contributed by atoms with Gasteiger partial charge in [0.15, 0.2) is 0 Å². The van der Waals surface area contributed by atoms with Crippen LogP contribution in [0.1, 0.15) is 18.9 Å². The van der Waals surface area contributed by atoms with Crippen molar-refractivity contribution in [2.75, 3.05) is 13.2 Å². The molecule has 1 aliphatic heterocycles. The molecule has 1 saturated heterocycles. The third kappa shape index (κ3) is 2.60. The highest BCUT2D eigenvalue weighted by molar-refractivity contribution is 6.30. The zero-order valence-electron chi connectivity index (χ0n) is 12.1. The number of rotatable bonds is 2. The van der Waals surface area contributed by atoms with Crippen LogP contribution in [0.5, 0.6) is 0 Å². The summed E-state index contributed by atoms with van der Waals surface area (Å²) in [6.45, 7) is 1.64. The Hall–Kier alpha value is -1.91.